The van der Waals surface area contributed by atoms with E-state index in [1.54, 1.807) is 18.3 Å². The highest BCUT2D eigenvalue weighted by Crippen LogP contribution is 2.29. The molecule has 0 fully saturated rings. The van der Waals surface area contributed by atoms with E-state index in [2.05, 4.69) is 20.3 Å². The first kappa shape index (κ1) is 20.8. The maximum absolute atomic E-state index is 13.3. The van der Waals surface area contributed by atoms with Gasteiger partial charge in [-0.25, -0.2) is 23.7 Å². The second-order valence-corrected chi connectivity index (χ2v) is 6.88. The summed E-state index contributed by atoms with van der Waals surface area (Å²) < 4.78 is 28.1. The van der Waals surface area contributed by atoms with Gasteiger partial charge in [0.25, 0.3) is 12.1 Å². The molecule has 0 aliphatic carbocycles. The summed E-state index contributed by atoms with van der Waals surface area (Å²) in [5.74, 6) is 0.199. The van der Waals surface area contributed by atoms with Crippen LogP contribution >= 0.6 is 0 Å². The fourth-order valence-corrected chi connectivity index (χ4v) is 3.27. The zero-order chi connectivity index (χ0) is 22.8. The summed E-state index contributed by atoms with van der Waals surface area (Å²) in [6.45, 7) is 1.82. The van der Waals surface area contributed by atoms with Crippen molar-refractivity contribution in [2.24, 2.45) is 0 Å². The van der Waals surface area contributed by atoms with Gasteiger partial charge in [0, 0.05) is 18.3 Å². The molecule has 11 heteroatoms. The molecule has 0 aliphatic heterocycles. The molecule has 0 radical (unpaired) electrons. The van der Waals surface area contributed by atoms with Gasteiger partial charge in [-0.3, -0.25) is 14.5 Å². The van der Waals surface area contributed by atoms with Gasteiger partial charge < -0.3 is 5.32 Å². The van der Waals surface area contributed by atoms with Gasteiger partial charge in [0.1, 0.15) is 17.4 Å². The van der Waals surface area contributed by atoms with E-state index >= 15 is 0 Å². The minimum Gasteiger partial charge on any atom is -0.348 e. The molecule has 1 atom stereocenters. The van der Waals surface area contributed by atoms with Gasteiger partial charge in [-0.1, -0.05) is 12.1 Å². The lowest BCUT2D eigenvalue weighted by atomic mass is 10.1. The molecule has 4 rings (SSSR count). The smallest absolute Gasteiger partial charge is 0.269 e. The van der Waals surface area contributed by atoms with Gasteiger partial charge in [-0.2, -0.15) is 5.26 Å². The summed E-state index contributed by atoms with van der Waals surface area (Å²) in [6, 6.07) is 10.5. The van der Waals surface area contributed by atoms with Crippen LogP contribution in [0.2, 0.25) is 0 Å². The third kappa shape index (κ3) is 3.81. The van der Waals surface area contributed by atoms with E-state index in [1.807, 2.05) is 13.0 Å². The number of nitrogens with one attached hydrogen (secondary N) is 1. The lowest BCUT2D eigenvalue weighted by Gasteiger charge is -2.15. The van der Waals surface area contributed by atoms with E-state index in [4.69, 9.17) is 0 Å². The molecule has 0 spiro atoms. The number of hydrogen-bond donors (Lipinski definition) is 1. The highest BCUT2D eigenvalue weighted by atomic mass is 19.3. The Hall–Kier alpha value is -4.46. The summed E-state index contributed by atoms with van der Waals surface area (Å²) in [7, 11) is 0. The summed E-state index contributed by atoms with van der Waals surface area (Å²) in [5.41, 5.74) is 1.36. The normalized spacial score (nSPS) is 12.0. The average Bonchev–Trinajstić information content (AvgIpc) is 3.23. The molecule has 32 heavy (non-hydrogen) atoms. The minimum absolute atomic E-state index is 0.0198. The molecular weight excluding hydrogens is 420 g/mol. The number of benzene rings is 1. The molecule has 0 amide bonds. The van der Waals surface area contributed by atoms with Gasteiger partial charge in [0.2, 0.25) is 5.95 Å². The Morgan fingerprint density at radius 1 is 1.19 bits per heavy atom. The van der Waals surface area contributed by atoms with E-state index in [-0.39, 0.29) is 40.1 Å². The molecular formula is C21H15F2N7O2. The fraction of sp³-hybridized carbons (Fsp3) is 0.143. The first-order valence-electron chi connectivity index (χ1n) is 9.41. The summed E-state index contributed by atoms with van der Waals surface area (Å²) in [5, 5.41) is 23.4. The number of aromatic nitrogens is 4. The number of non-ortho nitro benzene ring substituents is 1. The second-order valence-electron chi connectivity index (χ2n) is 6.88. The Balaban J connectivity index is 1.70. The Bertz CT molecular complexity index is 1350. The van der Waals surface area contributed by atoms with Crippen molar-refractivity contribution in [1.82, 2.24) is 19.4 Å². The van der Waals surface area contributed by atoms with Gasteiger partial charge in [-0.05, 0) is 24.6 Å². The Morgan fingerprint density at radius 3 is 2.59 bits per heavy atom. The van der Waals surface area contributed by atoms with Gasteiger partial charge in [0.15, 0.2) is 0 Å². The molecule has 3 aromatic heterocycles. The van der Waals surface area contributed by atoms with Crippen LogP contribution in [-0.2, 0) is 0 Å². The number of halogens is 2. The minimum atomic E-state index is -2.70. The SMILES string of the molecule is C[C@H](Nc1ncc(C#N)c(-c2cnc3c(C(F)F)cccn23)n1)c1ccc([N+](=O)[O-])cc1. The quantitative estimate of drug-likeness (QED) is 0.345. The van der Waals surface area contributed by atoms with E-state index < -0.39 is 11.3 Å². The topological polar surface area (TPSA) is 122 Å². The third-order valence-corrected chi connectivity index (χ3v) is 4.90. The summed E-state index contributed by atoms with van der Waals surface area (Å²) in [4.78, 5) is 23.0. The maximum atomic E-state index is 13.3. The van der Waals surface area contributed by atoms with Crippen LogP contribution in [0.15, 0.2) is 55.0 Å². The first-order valence-corrected chi connectivity index (χ1v) is 9.41. The number of rotatable bonds is 6. The molecule has 0 aliphatic rings. The lowest BCUT2D eigenvalue weighted by molar-refractivity contribution is -0.384. The zero-order valence-electron chi connectivity index (χ0n) is 16.6. The Labute approximate surface area is 180 Å². The van der Waals surface area contributed by atoms with Crippen LogP contribution in [0.4, 0.5) is 20.4 Å². The fourth-order valence-electron chi connectivity index (χ4n) is 3.27. The number of fused-ring (bicyclic) bond motifs is 1. The largest absolute Gasteiger partial charge is 0.348 e. The number of hydrogen-bond acceptors (Lipinski definition) is 7. The second kappa shape index (κ2) is 8.35. The van der Waals surface area contributed by atoms with Crippen molar-refractivity contribution < 1.29 is 13.7 Å². The van der Waals surface area contributed by atoms with Crippen molar-refractivity contribution in [2.45, 2.75) is 19.4 Å². The van der Waals surface area contributed by atoms with Gasteiger partial charge in [0.05, 0.1) is 40.2 Å². The van der Waals surface area contributed by atoms with Crippen LogP contribution in [-0.4, -0.2) is 24.3 Å². The number of nitrogens with zero attached hydrogens (tertiary/aromatic N) is 6. The van der Waals surface area contributed by atoms with Crippen molar-refractivity contribution in [1.29, 1.82) is 5.26 Å². The zero-order valence-corrected chi connectivity index (χ0v) is 16.6. The Morgan fingerprint density at radius 2 is 1.94 bits per heavy atom. The Kier molecular flexibility index (Phi) is 5.43. The van der Waals surface area contributed by atoms with E-state index in [9.17, 15) is 24.2 Å². The van der Waals surface area contributed by atoms with Crippen molar-refractivity contribution in [3.8, 4) is 17.5 Å². The molecule has 0 unspecified atom stereocenters. The summed E-state index contributed by atoms with van der Waals surface area (Å²) >= 11 is 0. The predicted molar refractivity (Wildman–Crippen MR) is 111 cm³/mol. The van der Waals surface area contributed by atoms with Gasteiger partial charge >= 0.3 is 0 Å². The number of nitriles is 1. The van der Waals surface area contributed by atoms with Crippen molar-refractivity contribution in [3.63, 3.8) is 0 Å². The number of nitro benzene ring substituents is 1. The highest BCUT2D eigenvalue weighted by molar-refractivity contribution is 5.68. The molecule has 0 saturated heterocycles. The molecule has 0 bridgehead atoms. The lowest BCUT2D eigenvalue weighted by Crippen LogP contribution is -2.10. The molecule has 1 aromatic carbocycles. The van der Waals surface area contributed by atoms with Crippen molar-refractivity contribution >= 4 is 17.3 Å². The highest BCUT2D eigenvalue weighted by Gasteiger charge is 2.19. The molecule has 0 saturated carbocycles. The molecule has 9 nitrogen and oxygen atoms in total. The molecule has 4 aromatic rings. The van der Waals surface area contributed by atoms with Crippen molar-refractivity contribution in [2.75, 3.05) is 5.32 Å². The first-order chi connectivity index (χ1) is 15.4. The van der Waals surface area contributed by atoms with Crippen LogP contribution in [0.1, 0.15) is 36.1 Å². The number of anilines is 1. The van der Waals surface area contributed by atoms with Crippen LogP contribution in [0.3, 0.4) is 0 Å². The predicted octanol–water partition coefficient (Wildman–Crippen LogP) is 4.68. The molecule has 3 heterocycles. The number of pyridine rings is 1. The standard InChI is InChI=1S/C21H15F2N7O2/c1-12(13-4-6-15(7-5-13)30(31)32)27-21-26-10-14(9-24)18(28-21)17-11-25-20-16(19(22)23)3-2-8-29(17)20/h2-8,10-12,19H,1H3,(H,26,27,28)/t12-/m0/s1. The number of imidazole rings is 1. The van der Waals surface area contributed by atoms with Crippen LogP contribution < -0.4 is 5.32 Å². The van der Waals surface area contributed by atoms with Crippen molar-refractivity contribution in [3.05, 3.63) is 81.8 Å². The average molecular weight is 435 g/mol. The molecule has 1 N–H and O–H groups in total. The molecule has 160 valence electrons. The van der Waals surface area contributed by atoms with Gasteiger partial charge in [-0.15, -0.1) is 0 Å². The van der Waals surface area contributed by atoms with E-state index in [1.165, 1.54) is 41.1 Å². The van der Waals surface area contributed by atoms with E-state index in [0.29, 0.717) is 5.69 Å². The number of nitro groups is 1. The van der Waals surface area contributed by atoms with Crippen LogP contribution in [0.25, 0.3) is 17.0 Å². The maximum Gasteiger partial charge on any atom is 0.269 e. The van der Waals surface area contributed by atoms with Crippen LogP contribution in [0, 0.1) is 21.4 Å². The summed E-state index contributed by atoms with van der Waals surface area (Å²) in [6.07, 6.45) is 1.59. The van der Waals surface area contributed by atoms with E-state index in [0.717, 1.165) is 5.56 Å². The number of alkyl halides is 2. The van der Waals surface area contributed by atoms with Crippen LogP contribution in [0.5, 0.6) is 0 Å². The third-order valence-electron chi connectivity index (χ3n) is 4.90. The monoisotopic (exact) mass is 435 g/mol.